The van der Waals surface area contributed by atoms with Crippen molar-refractivity contribution in [1.29, 1.82) is 0 Å². The lowest BCUT2D eigenvalue weighted by Gasteiger charge is -2.33. The van der Waals surface area contributed by atoms with Gasteiger partial charge in [0.15, 0.2) is 0 Å². The number of fused-ring (bicyclic) bond motifs is 1. The smallest absolute Gasteiger partial charge is 0.444 e. The molecule has 0 saturated carbocycles. The first kappa shape index (κ1) is 19.9. The van der Waals surface area contributed by atoms with E-state index >= 15 is 0 Å². The topological polar surface area (TPSA) is 82.7 Å². The van der Waals surface area contributed by atoms with E-state index in [2.05, 4.69) is 14.6 Å². The van der Waals surface area contributed by atoms with Gasteiger partial charge in [0, 0.05) is 18.1 Å². The Morgan fingerprint density at radius 1 is 1.39 bits per heavy atom. The number of halogens is 3. The zero-order valence-electron chi connectivity index (χ0n) is 15.1. The first-order valence-corrected chi connectivity index (χ1v) is 8.68. The molecule has 2 aromatic rings. The third kappa shape index (κ3) is 4.91. The van der Waals surface area contributed by atoms with Crippen LogP contribution in [-0.2, 0) is 13.1 Å². The van der Waals surface area contributed by atoms with E-state index in [1.165, 1.54) is 18.3 Å². The monoisotopic (exact) mass is 400 g/mol. The van der Waals surface area contributed by atoms with Crippen LogP contribution in [0.4, 0.5) is 19.0 Å². The van der Waals surface area contributed by atoms with Crippen molar-refractivity contribution < 1.29 is 27.6 Å². The zero-order valence-corrected chi connectivity index (χ0v) is 15.1. The molecule has 0 saturated heterocycles. The van der Waals surface area contributed by atoms with Gasteiger partial charge in [-0.15, -0.1) is 13.2 Å². The Kier molecular flexibility index (Phi) is 5.73. The molecule has 0 bridgehead atoms. The molecule has 0 amide bonds. The number of nitro groups is 1. The lowest BCUT2D eigenvalue weighted by Crippen LogP contribution is -2.44. The Hall–Kier alpha value is -2.82. The molecule has 0 fully saturated rings. The quantitative estimate of drug-likeness (QED) is 0.524. The molecule has 11 heteroatoms. The summed E-state index contributed by atoms with van der Waals surface area (Å²) >= 11 is 0. The number of nitrogens with zero attached hydrogens (tertiary/aromatic N) is 4. The summed E-state index contributed by atoms with van der Waals surface area (Å²) in [5.41, 5.74) is 0.824. The third-order valence-electron chi connectivity index (χ3n) is 4.30. The van der Waals surface area contributed by atoms with Crippen LogP contribution in [0.25, 0.3) is 0 Å². The first-order valence-electron chi connectivity index (χ1n) is 8.68. The molecule has 1 aliphatic rings. The molecule has 8 nitrogen and oxygen atoms in total. The van der Waals surface area contributed by atoms with Crippen LogP contribution in [0.2, 0.25) is 0 Å². The molecular weight excluding hydrogens is 381 g/mol. The van der Waals surface area contributed by atoms with Crippen molar-refractivity contribution in [3.8, 4) is 11.8 Å². The molecule has 0 unspecified atom stereocenters. The van der Waals surface area contributed by atoms with E-state index < -0.39 is 11.3 Å². The fourth-order valence-electron chi connectivity index (χ4n) is 3.10. The van der Waals surface area contributed by atoms with Gasteiger partial charge >= 0.3 is 18.2 Å². The molecule has 1 atom stereocenters. The fraction of sp³-hybridized carbons (Fsp3) is 0.471. The van der Waals surface area contributed by atoms with Crippen molar-refractivity contribution in [3.63, 3.8) is 0 Å². The average molecular weight is 400 g/mol. The lowest BCUT2D eigenvalue weighted by molar-refractivity contribution is -0.389. The number of rotatable bonds is 7. The second-order valence-corrected chi connectivity index (χ2v) is 6.42. The van der Waals surface area contributed by atoms with E-state index in [0.29, 0.717) is 19.7 Å². The molecule has 0 aliphatic carbocycles. The maximum absolute atomic E-state index is 12.3. The van der Waals surface area contributed by atoms with Gasteiger partial charge < -0.3 is 19.6 Å². The van der Waals surface area contributed by atoms with Gasteiger partial charge in [-0.25, -0.2) is 0 Å². The van der Waals surface area contributed by atoms with Gasteiger partial charge in [-0.1, -0.05) is 19.1 Å². The second kappa shape index (κ2) is 8.05. The van der Waals surface area contributed by atoms with Crippen molar-refractivity contribution in [2.45, 2.75) is 38.8 Å². The van der Waals surface area contributed by atoms with Crippen molar-refractivity contribution in [3.05, 3.63) is 46.1 Å². The highest BCUT2D eigenvalue weighted by molar-refractivity contribution is 5.27. The molecule has 1 aliphatic heterocycles. The molecule has 0 spiro atoms. The van der Waals surface area contributed by atoms with Crippen molar-refractivity contribution >= 4 is 5.82 Å². The summed E-state index contributed by atoms with van der Waals surface area (Å²) in [6.45, 7) is 4.06. The van der Waals surface area contributed by atoms with Crippen molar-refractivity contribution in [1.82, 2.24) is 14.5 Å². The van der Waals surface area contributed by atoms with Crippen LogP contribution in [0.3, 0.4) is 0 Å². The Morgan fingerprint density at radius 2 is 2.11 bits per heavy atom. The first-order chi connectivity index (χ1) is 13.2. The van der Waals surface area contributed by atoms with Gasteiger partial charge in [0.25, 0.3) is 0 Å². The minimum absolute atomic E-state index is 0.0487. The minimum Gasteiger partial charge on any atom is -0.444 e. The molecule has 2 heterocycles. The highest BCUT2D eigenvalue weighted by Crippen LogP contribution is 2.26. The summed E-state index contributed by atoms with van der Waals surface area (Å²) in [5, 5.41) is 10.9. The zero-order chi connectivity index (χ0) is 20.3. The number of hydrogen-bond acceptors (Lipinski definition) is 6. The maximum Gasteiger partial charge on any atom is 0.573 e. The highest BCUT2D eigenvalue weighted by atomic mass is 19.4. The van der Waals surface area contributed by atoms with Gasteiger partial charge in [0.2, 0.25) is 0 Å². The largest absolute Gasteiger partial charge is 0.573 e. The Labute approximate surface area is 158 Å². The van der Waals surface area contributed by atoms with Gasteiger partial charge in [-0.2, -0.15) is 0 Å². The predicted molar refractivity (Wildman–Crippen MR) is 92.0 cm³/mol. The van der Waals surface area contributed by atoms with Crippen molar-refractivity contribution in [2.24, 2.45) is 0 Å². The van der Waals surface area contributed by atoms with Crippen LogP contribution in [0.1, 0.15) is 18.9 Å². The Bertz CT molecular complexity index is 823. The van der Waals surface area contributed by atoms with Gasteiger partial charge in [-0.3, -0.25) is 9.47 Å². The number of imidazole rings is 1. The maximum atomic E-state index is 12.3. The molecule has 0 radical (unpaired) electrons. The summed E-state index contributed by atoms with van der Waals surface area (Å²) in [6, 6.07) is 5.89. The molecular formula is C17H19F3N4O4. The lowest BCUT2D eigenvalue weighted by atomic mass is 10.1. The third-order valence-corrected chi connectivity index (χ3v) is 4.30. The highest BCUT2D eigenvalue weighted by Gasteiger charge is 2.32. The number of aromatic nitrogens is 2. The summed E-state index contributed by atoms with van der Waals surface area (Å²) in [6.07, 6.45) is -2.52. The van der Waals surface area contributed by atoms with E-state index in [9.17, 15) is 23.3 Å². The van der Waals surface area contributed by atoms with Gasteiger partial charge in [-0.05, 0) is 35.6 Å². The number of hydrogen-bond donors (Lipinski definition) is 0. The van der Waals surface area contributed by atoms with Crippen molar-refractivity contribution in [2.75, 3.05) is 13.2 Å². The predicted octanol–water partition coefficient (Wildman–Crippen LogP) is 3.36. The van der Waals surface area contributed by atoms with E-state index in [4.69, 9.17) is 4.74 Å². The summed E-state index contributed by atoms with van der Waals surface area (Å²) in [5.74, 6) is -0.535. The van der Waals surface area contributed by atoms with Crippen LogP contribution in [0.15, 0.2) is 30.5 Å². The molecule has 1 aromatic heterocycles. The average Bonchev–Trinajstić information content (AvgIpc) is 3.05. The molecule has 28 heavy (non-hydrogen) atoms. The van der Waals surface area contributed by atoms with Crippen LogP contribution in [0.5, 0.6) is 11.8 Å². The summed E-state index contributed by atoms with van der Waals surface area (Å²) in [7, 11) is 0. The standard InChI is InChI=1S/C17H19F3N4O4/c1-2-7-22(8-12-3-5-14(6-4-12)28-17(18,19)20)13-9-23-10-15(24(25)26)21-16(23)27-11-13/h3-6,10,13H,2,7-9,11H2,1H3/t13-/m0/s1. The van der Waals surface area contributed by atoms with E-state index in [1.807, 2.05) is 6.92 Å². The van der Waals surface area contributed by atoms with Crippen LogP contribution in [0, 0.1) is 10.1 Å². The SMILES string of the molecule is CCCN(Cc1ccc(OC(F)(F)F)cc1)[C@@H]1COc2nc([N+](=O)[O-])cn2C1. The molecule has 152 valence electrons. The summed E-state index contributed by atoms with van der Waals surface area (Å²) in [4.78, 5) is 16.3. The normalized spacial score (nSPS) is 16.5. The Morgan fingerprint density at radius 3 is 2.71 bits per heavy atom. The van der Waals surface area contributed by atoms with Crippen LogP contribution in [-0.4, -0.2) is 44.9 Å². The van der Waals surface area contributed by atoms with E-state index in [1.54, 1.807) is 16.7 Å². The van der Waals surface area contributed by atoms with E-state index in [0.717, 1.165) is 18.5 Å². The van der Waals surface area contributed by atoms with E-state index in [-0.39, 0.29) is 23.6 Å². The minimum atomic E-state index is -4.72. The number of benzene rings is 1. The summed E-state index contributed by atoms with van der Waals surface area (Å²) < 4.78 is 47.9. The molecule has 0 N–H and O–H groups in total. The van der Waals surface area contributed by atoms with Gasteiger partial charge in [0.1, 0.15) is 18.6 Å². The molecule has 3 rings (SSSR count). The fourth-order valence-corrected chi connectivity index (χ4v) is 3.10. The molecule has 1 aromatic carbocycles. The second-order valence-electron chi connectivity index (χ2n) is 6.42. The number of alkyl halides is 3. The Balaban J connectivity index is 1.69. The van der Waals surface area contributed by atoms with Crippen LogP contribution < -0.4 is 9.47 Å². The van der Waals surface area contributed by atoms with Crippen LogP contribution >= 0.6 is 0 Å². The van der Waals surface area contributed by atoms with Gasteiger partial charge in [0.05, 0.1) is 6.04 Å². The number of ether oxygens (including phenoxy) is 2.